The molecule has 1 rings (SSSR count). The monoisotopic (exact) mass is 196 g/mol. The molecule has 0 radical (unpaired) electrons. The minimum atomic E-state index is 0.186. The number of hydrogen-bond acceptors (Lipinski definition) is 2. The first-order valence-electron chi connectivity index (χ1n) is 5.54. The van der Waals surface area contributed by atoms with Crippen LogP contribution in [0.5, 0.6) is 0 Å². The van der Waals surface area contributed by atoms with Gasteiger partial charge < -0.3 is 4.74 Å². The first kappa shape index (κ1) is 11.4. The third-order valence-corrected chi connectivity index (χ3v) is 2.61. The van der Waals surface area contributed by atoms with Crippen LogP contribution in [0.4, 0.5) is 0 Å². The second-order valence-corrected chi connectivity index (χ2v) is 4.08. The molecule has 0 aromatic heterocycles. The van der Waals surface area contributed by atoms with Crippen molar-refractivity contribution in [2.45, 2.75) is 39.5 Å². The molecule has 0 N–H and O–H groups in total. The summed E-state index contributed by atoms with van der Waals surface area (Å²) in [6.07, 6.45) is 6.20. The fourth-order valence-corrected chi connectivity index (χ4v) is 1.62. The summed E-state index contributed by atoms with van der Waals surface area (Å²) >= 11 is 0. The molecule has 14 heavy (non-hydrogen) atoms. The summed E-state index contributed by atoms with van der Waals surface area (Å²) in [5.41, 5.74) is 0.985. The average molecular weight is 196 g/mol. The van der Waals surface area contributed by atoms with Crippen LogP contribution in [-0.4, -0.2) is 19.0 Å². The van der Waals surface area contributed by atoms with Crippen LogP contribution >= 0.6 is 0 Å². The highest BCUT2D eigenvalue weighted by Gasteiger charge is 2.15. The molecule has 80 valence electrons. The zero-order valence-electron chi connectivity index (χ0n) is 9.21. The molecule has 1 aliphatic rings. The van der Waals surface area contributed by atoms with Crippen molar-refractivity contribution in [1.29, 1.82) is 0 Å². The molecule has 0 heterocycles. The summed E-state index contributed by atoms with van der Waals surface area (Å²) in [6.45, 7) is 5.24. The van der Waals surface area contributed by atoms with Gasteiger partial charge in [0.2, 0.25) is 0 Å². The zero-order valence-corrected chi connectivity index (χ0v) is 9.21. The average Bonchev–Trinajstić information content (AvgIpc) is 2.19. The van der Waals surface area contributed by atoms with Gasteiger partial charge in [0, 0.05) is 6.61 Å². The third kappa shape index (κ3) is 3.62. The molecule has 0 fully saturated rings. The standard InChI is InChI=1S/C12H20O2/c1-3-8-14-9-12(13)11-6-4-10(2)5-7-11/h6,10H,3-5,7-9H2,1-2H3. The van der Waals surface area contributed by atoms with E-state index in [4.69, 9.17) is 4.74 Å². The maximum atomic E-state index is 11.6. The van der Waals surface area contributed by atoms with Crippen LogP contribution in [0.3, 0.4) is 0 Å². The summed E-state index contributed by atoms with van der Waals surface area (Å²) in [5, 5.41) is 0. The van der Waals surface area contributed by atoms with E-state index in [9.17, 15) is 4.79 Å². The van der Waals surface area contributed by atoms with E-state index in [1.165, 1.54) is 0 Å². The summed E-state index contributed by atoms with van der Waals surface area (Å²) < 4.78 is 5.23. The molecule has 0 aromatic carbocycles. The Kier molecular flexibility index (Phi) is 4.88. The number of rotatable bonds is 5. The second kappa shape index (κ2) is 5.97. The lowest BCUT2D eigenvalue weighted by atomic mass is 9.89. The normalized spacial score (nSPS) is 21.9. The first-order valence-corrected chi connectivity index (χ1v) is 5.54. The predicted octanol–water partition coefficient (Wildman–Crippen LogP) is 2.73. The van der Waals surface area contributed by atoms with Crippen LogP contribution in [0.25, 0.3) is 0 Å². The highest BCUT2D eigenvalue weighted by molar-refractivity contribution is 5.96. The molecule has 0 saturated heterocycles. The number of hydrogen-bond donors (Lipinski definition) is 0. The minimum absolute atomic E-state index is 0.186. The van der Waals surface area contributed by atoms with E-state index in [-0.39, 0.29) is 12.4 Å². The number of Topliss-reactive ketones (excluding diaryl/α,β-unsaturated/α-hetero) is 1. The molecule has 0 saturated carbocycles. The fraction of sp³-hybridized carbons (Fsp3) is 0.750. The smallest absolute Gasteiger partial charge is 0.184 e. The Hall–Kier alpha value is -0.630. The Morgan fingerprint density at radius 3 is 3.00 bits per heavy atom. The maximum Gasteiger partial charge on any atom is 0.184 e. The van der Waals surface area contributed by atoms with Gasteiger partial charge >= 0.3 is 0 Å². The van der Waals surface area contributed by atoms with Crippen molar-refractivity contribution >= 4 is 5.78 Å². The summed E-state index contributed by atoms with van der Waals surface area (Å²) in [7, 11) is 0. The van der Waals surface area contributed by atoms with Crippen molar-refractivity contribution < 1.29 is 9.53 Å². The summed E-state index contributed by atoms with van der Waals surface area (Å²) in [4.78, 5) is 11.6. The van der Waals surface area contributed by atoms with Crippen molar-refractivity contribution in [3.63, 3.8) is 0 Å². The van der Waals surface area contributed by atoms with E-state index < -0.39 is 0 Å². The van der Waals surface area contributed by atoms with E-state index in [1.807, 2.05) is 6.92 Å². The SMILES string of the molecule is CCCOCC(=O)C1=CCC(C)CC1. The van der Waals surface area contributed by atoms with Gasteiger partial charge in [-0.25, -0.2) is 0 Å². The number of ether oxygens (including phenoxy) is 1. The Balaban J connectivity index is 2.30. The minimum Gasteiger partial charge on any atom is -0.373 e. The molecule has 1 aliphatic carbocycles. The van der Waals surface area contributed by atoms with Crippen molar-refractivity contribution in [2.75, 3.05) is 13.2 Å². The van der Waals surface area contributed by atoms with Gasteiger partial charge in [-0.15, -0.1) is 0 Å². The van der Waals surface area contributed by atoms with Crippen LogP contribution in [0.1, 0.15) is 39.5 Å². The molecule has 2 heteroatoms. The topological polar surface area (TPSA) is 26.3 Å². The molecule has 0 bridgehead atoms. The van der Waals surface area contributed by atoms with Crippen molar-refractivity contribution in [1.82, 2.24) is 0 Å². The van der Waals surface area contributed by atoms with Gasteiger partial charge in [0.15, 0.2) is 5.78 Å². The molecule has 0 aromatic rings. The van der Waals surface area contributed by atoms with Gasteiger partial charge in [0.25, 0.3) is 0 Å². The molecular weight excluding hydrogens is 176 g/mol. The van der Waals surface area contributed by atoms with E-state index >= 15 is 0 Å². The lowest BCUT2D eigenvalue weighted by molar-refractivity contribution is -0.120. The van der Waals surface area contributed by atoms with Crippen LogP contribution in [0, 0.1) is 5.92 Å². The second-order valence-electron chi connectivity index (χ2n) is 4.08. The zero-order chi connectivity index (χ0) is 10.4. The summed E-state index contributed by atoms with van der Waals surface area (Å²) in [5.74, 6) is 0.925. The van der Waals surface area contributed by atoms with Crippen LogP contribution < -0.4 is 0 Å². The molecule has 0 spiro atoms. The lowest BCUT2D eigenvalue weighted by Gasteiger charge is -2.17. The lowest BCUT2D eigenvalue weighted by Crippen LogP contribution is -2.15. The molecule has 2 nitrogen and oxygen atoms in total. The third-order valence-electron chi connectivity index (χ3n) is 2.61. The van der Waals surface area contributed by atoms with Crippen molar-refractivity contribution in [2.24, 2.45) is 5.92 Å². The van der Waals surface area contributed by atoms with Crippen LogP contribution in [0.2, 0.25) is 0 Å². The number of ketones is 1. The van der Waals surface area contributed by atoms with E-state index in [0.717, 1.165) is 37.2 Å². The Morgan fingerprint density at radius 1 is 1.64 bits per heavy atom. The molecule has 1 atom stereocenters. The van der Waals surface area contributed by atoms with Gasteiger partial charge in [-0.05, 0) is 37.2 Å². The fourth-order valence-electron chi connectivity index (χ4n) is 1.62. The van der Waals surface area contributed by atoms with Gasteiger partial charge in [0.1, 0.15) is 6.61 Å². The summed E-state index contributed by atoms with van der Waals surface area (Å²) in [6, 6.07) is 0. The predicted molar refractivity (Wildman–Crippen MR) is 57.2 cm³/mol. The van der Waals surface area contributed by atoms with E-state index in [1.54, 1.807) is 0 Å². The van der Waals surface area contributed by atoms with Crippen LogP contribution in [-0.2, 0) is 9.53 Å². The Labute approximate surface area is 86.3 Å². The molecule has 0 amide bonds. The molecular formula is C12H20O2. The molecule has 1 unspecified atom stereocenters. The highest BCUT2D eigenvalue weighted by Crippen LogP contribution is 2.23. The van der Waals surface area contributed by atoms with Crippen molar-refractivity contribution in [3.05, 3.63) is 11.6 Å². The van der Waals surface area contributed by atoms with E-state index in [0.29, 0.717) is 6.61 Å². The number of allylic oxidation sites excluding steroid dienone is 1. The quantitative estimate of drug-likeness (QED) is 0.632. The Bertz CT molecular complexity index is 218. The first-order chi connectivity index (χ1) is 6.74. The van der Waals surface area contributed by atoms with Gasteiger partial charge in [-0.3, -0.25) is 4.79 Å². The Morgan fingerprint density at radius 2 is 2.43 bits per heavy atom. The van der Waals surface area contributed by atoms with Gasteiger partial charge in [-0.1, -0.05) is 19.9 Å². The van der Waals surface area contributed by atoms with Gasteiger partial charge in [0.05, 0.1) is 0 Å². The van der Waals surface area contributed by atoms with Gasteiger partial charge in [-0.2, -0.15) is 0 Å². The van der Waals surface area contributed by atoms with Crippen LogP contribution in [0.15, 0.2) is 11.6 Å². The van der Waals surface area contributed by atoms with E-state index in [2.05, 4.69) is 13.0 Å². The number of carbonyl (C=O) groups is 1. The maximum absolute atomic E-state index is 11.6. The molecule has 0 aliphatic heterocycles. The number of carbonyl (C=O) groups excluding carboxylic acids is 1. The largest absolute Gasteiger partial charge is 0.373 e. The van der Waals surface area contributed by atoms with Crippen molar-refractivity contribution in [3.8, 4) is 0 Å². The highest BCUT2D eigenvalue weighted by atomic mass is 16.5.